The Kier molecular flexibility index (Phi) is 6.53. The summed E-state index contributed by atoms with van der Waals surface area (Å²) in [5.41, 5.74) is 1.07. The molecule has 3 rings (SSSR count). The average molecular weight is 424 g/mol. The second-order valence-electron chi connectivity index (χ2n) is 5.73. The molecule has 1 heterocycles. The molecule has 0 aliphatic rings. The van der Waals surface area contributed by atoms with Crippen molar-refractivity contribution in [2.45, 2.75) is 23.1 Å². The molecule has 0 radical (unpaired) electrons. The molecular weight excluding hydrogens is 409 g/mol. The number of hydrogen-bond donors (Lipinski definition) is 2. The van der Waals surface area contributed by atoms with Gasteiger partial charge in [-0.05, 0) is 36.8 Å². The molecule has 0 saturated heterocycles. The van der Waals surface area contributed by atoms with Crippen LogP contribution >= 0.6 is 23.1 Å². The minimum atomic E-state index is -1.03. The highest BCUT2D eigenvalue weighted by Gasteiger charge is 2.18. The Balaban J connectivity index is 1.52. The van der Waals surface area contributed by atoms with Crippen molar-refractivity contribution in [2.24, 2.45) is 0 Å². The lowest BCUT2D eigenvalue weighted by Crippen LogP contribution is -2.22. The average Bonchev–Trinajstić information content (AvgIpc) is 3.11. The molecule has 1 aromatic heterocycles. The van der Waals surface area contributed by atoms with E-state index in [1.807, 2.05) is 0 Å². The first-order chi connectivity index (χ1) is 13.4. The zero-order chi connectivity index (χ0) is 20.1. The third kappa shape index (κ3) is 5.46. The molecule has 2 aromatic carbocycles. The van der Waals surface area contributed by atoms with Crippen LogP contribution in [0.3, 0.4) is 0 Å². The molecule has 10 heteroatoms. The predicted molar refractivity (Wildman–Crippen MR) is 104 cm³/mol. The van der Waals surface area contributed by atoms with Gasteiger partial charge in [-0.15, -0.1) is 10.2 Å². The number of carbonyl (C=O) groups is 1. The standard InChI is InChI=1S/C18H15F3N4OS2/c1-10(16(26)23-13-6-7-14(20)15(21)8-13)27-18-25-24-17(28-18)22-9-11-2-4-12(19)5-3-11/h2-8,10H,9H2,1H3,(H,22,24)(H,23,26). The van der Waals surface area contributed by atoms with Crippen molar-refractivity contribution in [2.75, 3.05) is 10.6 Å². The summed E-state index contributed by atoms with van der Waals surface area (Å²) in [4.78, 5) is 12.2. The van der Waals surface area contributed by atoms with E-state index in [4.69, 9.17) is 0 Å². The second-order valence-corrected chi connectivity index (χ2v) is 8.30. The van der Waals surface area contributed by atoms with Gasteiger partial charge in [-0.25, -0.2) is 13.2 Å². The van der Waals surface area contributed by atoms with Crippen LogP contribution in [0.1, 0.15) is 12.5 Å². The van der Waals surface area contributed by atoms with Crippen LogP contribution in [-0.2, 0) is 11.3 Å². The van der Waals surface area contributed by atoms with E-state index in [9.17, 15) is 18.0 Å². The van der Waals surface area contributed by atoms with Gasteiger partial charge in [0.15, 0.2) is 16.0 Å². The molecule has 0 fully saturated rings. The van der Waals surface area contributed by atoms with E-state index in [0.717, 1.165) is 17.7 Å². The number of rotatable bonds is 7. The smallest absolute Gasteiger partial charge is 0.237 e. The minimum Gasteiger partial charge on any atom is -0.356 e. The van der Waals surface area contributed by atoms with E-state index < -0.39 is 16.9 Å². The summed E-state index contributed by atoms with van der Waals surface area (Å²) in [6.07, 6.45) is 0. The van der Waals surface area contributed by atoms with Crippen LogP contribution in [0, 0.1) is 17.5 Å². The molecule has 5 nitrogen and oxygen atoms in total. The maximum Gasteiger partial charge on any atom is 0.237 e. The molecule has 146 valence electrons. The summed E-state index contributed by atoms with van der Waals surface area (Å²) >= 11 is 2.48. The topological polar surface area (TPSA) is 66.9 Å². The number of nitrogens with one attached hydrogen (secondary N) is 2. The van der Waals surface area contributed by atoms with Crippen molar-refractivity contribution in [3.05, 3.63) is 65.5 Å². The molecule has 3 aromatic rings. The monoisotopic (exact) mass is 424 g/mol. The number of carbonyl (C=O) groups excluding carboxylic acids is 1. The first kappa shape index (κ1) is 20.2. The van der Waals surface area contributed by atoms with Gasteiger partial charge in [0, 0.05) is 18.3 Å². The van der Waals surface area contributed by atoms with Gasteiger partial charge < -0.3 is 10.6 Å². The van der Waals surface area contributed by atoms with E-state index in [0.29, 0.717) is 16.0 Å². The van der Waals surface area contributed by atoms with E-state index in [1.54, 1.807) is 19.1 Å². The summed E-state index contributed by atoms with van der Waals surface area (Å²) in [6.45, 7) is 2.14. The maximum atomic E-state index is 13.2. The highest BCUT2D eigenvalue weighted by molar-refractivity contribution is 8.02. The number of aromatic nitrogens is 2. The third-order valence-corrected chi connectivity index (χ3v) is 5.66. The molecule has 0 bridgehead atoms. The van der Waals surface area contributed by atoms with Crippen LogP contribution in [0.15, 0.2) is 46.8 Å². The van der Waals surface area contributed by atoms with Crippen LogP contribution in [-0.4, -0.2) is 21.4 Å². The van der Waals surface area contributed by atoms with Crippen molar-refractivity contribution in [3.8, 4) is 0 Å². The molecule has 0 aliphatic heterocycles. The maximum absolute atomic E-state index is 13.2. The highest BCUT2D eigenvalue weighted by atomic mass is 32.2. The van der Waals surface area contributed by atoms with Crippen molar-refractivity contribution in [1.82, 2.24) is 10.2 Å². The molecular formula is C18H15F3N4OS2. The first-order valence-electron chi connectivity index (χ1n) is 8.15. The lowest BCUT2D eigenvalue weighted by atomic mass is 10.2. The number of anilines is 2. The van der Waals surface area contributed by atoms with Gasteiger partial charge in [-0.3, -0.25) is 4.79 Å². The van der Waals surface area contributed by atoms with Gasteiger partial charge in [-0.1, -0.05) is 35.2 Å². The summed E-state index contributed by atoms with van der Waals surface area (Å²) < 4.78 is 39.6. The molecule has 0 saturated carbocycles. The highest BCUT2D eigenvalue weighted by Crippen LogP contribution is 2.29. The van der Waals surface area contributed by atoms with Gasteiger partial charge >= 0.3 is 0 Å². The van der Waals surface area contributed by atoms with Crippen LogP contribution in [0.4, 0.5) is 24.0 Å². The Morgan fingerprint density at radius 3 is 2.57 bits per heavy atom. The molecule has 1 atom stereocenters. The van der Waals surface area contributed by atoms with Crippen LogP contribution in [0.5, 0.6) is 0 Å². The normalized spacial score (nSPS) is 11.9. The van der Waals surface area contributed by atoms with Gasteiger partial charge in [-0.2, -0.15) is 0 Å². The van der Waals surface area contributed by atoms with E-state index in [1.165, 1.54) is 41.3 Å². The molecule has 1 unspecified atom stereocenters. The number of halogens is 3. The Bertz CT molecular complexity index is 966. The Morgan fingerprint density at radius 1 is 1.11 bits per heavy atom. The Labute approximate surface area is 167 Å². The molecule has 2 N–H and O–H groups in total. The molecule has 28 heavy (non-hydrogen) atoms. The summed E-state index contributed by atoms with van der Waals surface area (Å²) in [6, 6.07) is 9.26. The van der Waals surface area contributed by atoms with Crippen LogP contribution in [0.2, 0.25) is 0 Å². The van der Waals surface area contributed by atoms with Crippen molar-refractivity contribution in [3.63, 3.8) is 0 Å². The Hall–Kier alpha value is -2.59. The zero-order valence-electron chi connectivity index (χ0n) is 14.6. The van der Waals surface area contributed by atoms with Gasteiger partial charge in [0.1, 0.15) is 5.82 Å². The zero-order valence-corrected chi connectivity index (χ0v) is 16.2. The fourth-order valence-electron chi connectivity index (χ4n) is 2.13. The van der Waals surface area contributed by atoms with E-state index in [-0.39, 0.29) is 17.4 Å². The van der Waals surface area contributed by atoms with Crippen LogP contribution in [0.25, 0.3) is 0 Å². The molecule has 1 amide bonds. The fraction of sp³-hybridized carbons (Fsp3) is 0.167. The fourth-order valence-corrected chi connectivity index (χ4v) is 4.02. The number of nitrogens with zero attached hydrogens (tertiary/aromatic N) is 2. The number of thioether (sulfide) groups is 1. The Morgan fingerprint density at radius 2 is 1.86 bits per heavy atom. The lowest BCUT2D eigenvalue weighted by molar-refractivity contribution is -0.115. The quantitative estimate of drug-likeness (QED) is 0.539. The third-order valence-electron chi connectivity index (χ3n) is 3.60. The minimum absolute atomic E-state index is 0.176. The summed E-state index contributed by atoms with van der Waals surface area (Å²) in [5.74, 6) is -2.67. The van der Waals surface area contributed by atoms with E-state index >= 15 is 0 Å². The number of hydrogen-bond acceptors (Lipinski definition) is 6. The lowest BCUT2D eigenvalue weighted by Gasteiger charge is -2.10. The molecule has 0 aliphatic carbocycles. The van der Waals surface area contributed by atoms with Gasteiger partial charge in [0.2, 0.25) is 11.0 Å². The van der Waals surface area contributed by atoms with Gasteiger partial charge in [0.25, 0.3) is 0 Å². The van der Waals surface area contributed by atoms with Crippen molar-refractivity contribution >= 4 is 39.8 Å². The summed E-state index contributed by atoms with van der Waals surface area (Å²) in [7, 11) is 0. The van der Waals surface area contributed by atoms with E-state index in [2.05, 4.69) is 20.8 Å². The van der Waals surface area contributed by atoms with Crippen LogP contribution < -0.4 is 10.6 Å². The summed E-state index contributed by atoms with van der Waals surface area (Å²) in [5, 5.41) is 13.7. The number of benzene rings is 2. The first-order valence-corrected chi connectivity index (χ1v) is 9.85. The largest absolute Gasteiger partial charge is 0.356 e. The van der Waals surface area contributed by atoms with Gasteiger partial charge in [0.05, 0.1) is 5.25 Å². The molecule has 0 spiro atoms. The second kappa shape index (κ2) is 9.07. The SMILES string of the molecule is CC(Sc1nnc(NCc2ccc(F)cc2)s1)C(=O)Nc1ccc(F)c(F)c1. The van der Waals surface area contributed by atoms with Crippen molar-refractivity contribution < 1.29 is 18.0 Å². The number of amides is 1. The van der Waals surface area contributed by atoms with Crippen molar-refractivity contribution in [1.29, 1.82) is 0 Å². The predicted octanol–water partition coefficient (Wildman–Crippen LogP) is 4.69.